The summed E-state index contributed by atoms with van der Waals surface area (Å²) in [6.45, 7) is 8.71. The maximum absolute atomic E-state index is 14.0. The molecule has 38 heavy (non-hydrogen) atoms. The van der Waals surface area contributed by atoms with Crippen LogP contribution in [0.2, 0.25) is 0 Å². The van der Waals surface area contributed by atoms with Crippen LogP contribution in [0.3, 0.4) is 0 Å². The summed E-state index contributed by atoms with van der Waals surface area (Å²) in [5.74, 6) is 2.08. The molecule has 5 nitrogen and oxygen atoms in total. The Morgan fingerprint density at radius 1 is 1.00 bits per heavy atom. The van der Waals surface area contributed by atoms with Crippen molar-refractivity contribution in [2.75, 3.05) is 33.4 Å². The van der Waals surface area contributed by atoms with Crippen LogP contribution in [-0.4, -0.2) is 54.8 Å². The molecule has 2 amide bonds. The summed E-state index contributed by atoms with van der Waals surface area (Å²) >= 11 is 0. The first-order chi connectivity index (χ1) is 18.5. The fourth-order valence-corrected chi connectivity index (χ4v) is 7.25. The number of hydrogen-bond donors (Lipinski definition) is 0. The van der Waals surface area contributed by atoms with Gasteiger partial charge in [0.05, 0.1) is 12.6 Å². The molecule has 2 aliphatic heterocycles. The topological polar surface area (TPSA) is 42.0 Å². The monoisotopic (exact) mass is 518 g/mol. The predicted octanol–water partition coefficient (Wildman–Crippen LogP) is 7.05. The van der Waals surface area contributed by atoms with Crippen LogP contribution in [0, 0.1) is 11.8 Å². The lowest BCUT2D eigenvalue weighted by molar-refractivity contribution is 0.0302. The van der Waals surface area contributed by atoms with Gasteiger partial charge in [-0.3, -0.25) is 0 Å². The number of carbonyl (C=O) groups excluding carboxylic acids is 1. The van der Waals surface area contributed by atoms with Gasteiger partial charge in [0.15, 0.2) is 0 Å². The van der Waals surface area contributed by atoms with E-state index in [0.717, 1.165) is 76.1 Å². The van der Waals surface area contributed by atoms with Gasteiger partial charge < -0.3 is 19.3 Å². The molecule has 2 aromatic rings. The van der Waals surface area contributed by atoms with E-state index in [-0.39, 0.29) is 17.0 Å². The van der Waals surface area contributed by atoms with Crippen molar-refractivity contribution in [3.8, 4) is 5.75 Å². The van der Waals surface area contributed by atoms with E-state index < -0.39 is 0 Å². The van der Waals surface area contributed by atoms with E-state index in [1.807, 2.05) is 12.1 Å². The third-order valence-corrected chi connectivity index (χ3v) is 9.83. The highest BCUT2D eigenvalue weighted by molar-refractivity contribution is 5.78. The summed E-state index contributed by atoms with van der Waals surface area (Å²) in [6, 6.07) is 19.6. The van der Waals surface area contributed by atoms with Crippen LogP contribution < -0.4 is 4.74 Å². The molecule has 2 saturated heterocycles. The molecule has 2 heterocycles. The van der Waals surface area contributed by atoms with Crippen molar-refractivity contribution in [2.45, 2.75) is 82.7 Å². The molecule has 0 radical (unpaired) electrons. The summed E-state index contributed by atoms with van der Waals surface area (Å²) < 4.78 is 11.0. The molecule has 3 fully saturated rings. The Morgan fingerprint density at radius 2 is 1.68 bits per heavy atom. The van der Waals surface area contributed by atoms with E-state index >= 15 is 0 Å². The van der Waals surface area contributed by atoms with Crippen LogP contribution in [-0.2, 0) is 16.7 Å². The largest absolute Gasteiger partial charge is 0.497 e. The Morgan fingerprint density at radius 3 is 2.32 bits per heavy atom. The zero-order valence-electron chi connectivity index (χ0n) is 23.7. The summed E-state index contributed by atoms with van der Waals surface area (Å²) in [6.07, 6.45) is 9.00. The normalized spacial score (nSPS) is 27.2. The van der Waals surface area contributed by atoms with Crippen LogP contribution in [0.15, 0.2) is 54.6 Å². The molecule has 0 N–H and O–H groups in total. The summed E-state index contributed by atoms with van der Waals surface area (Å²) in [4.78, 5) is 18.5. The average molecular weight is 519 g/mol. The Bertz CT molecular complexity index is 1040. The molecule has 1 aliphatic carbocycles. The van der Waals surface area contributed by atoms with Crippen molar-refractivity contribution in [3.63, 3.8) is 0 Å². The van der Waals surface area contributed by atoms with Crippen LogP contribution >= 0.6 is 0 Å². The highest BCUT2D eigenvalue weighted by atomic mass is 16.5. The highest BCUT2D eigenvalue weighted by Gasteiger charge is 2.54. The van der Waals surface area contributed by atoms with Crippen LogP contribution in [0.5, 0.6) is 5.75 Å². The van der Waals surface area contributed by atoms with Crippen molar-refractivity contribution in [1.82, 2.24) is 9.80 Å². The quantitative estimate of drug-likeness (QED) is 0.357. The fourth-order valence-electron chi connectivity index (χ4n) is 7.25. The molecule has 5 rings (SSSR count). The maximum Gasteiger partial charge on any atom is 0.320 e. The second kappa shape index (κ2) is 11.7. The summed E-state index contributed by atoms with van der Waals surface area (Å²) in [5, 5.41) is 0. The van der Waals surface area contributed by atoms with Gasteiger partial charge in [-0.2, -0.15) is 0 Å². The number of nitrogens with zero attached hydrogens (tertiary/aromatic N) is 2. The maximum atomic E-state index is 14.0. The number of ether oxygens (including phenoxy) is 2. The molecule has 0 aromatic heterocycles. The molecule has 0 bridgehead atoms. The smallest absolute Gasteiger partial charge is 0.320 e. The van der Waals surface area contributed by atoms with Gasteiger partial charge in [-0.05, 0) is 85.5 Å². The van der Waals surface area contributed by atoms with Crippen molar-refractivity contribution in [3.05, 3.63) is 65.7 Å². The second-order valence-electron chi connectivity index (χ2n) is 12.2. The lowest BCUT2D eigenvalue weighted by Crippen LogP contribution is -2.54. The summed E-state index contributed by atoms with van der Waals surface area (Å²) in [7, 11) is 1.69. The molecule has 1 atom stereocenters. The standard InChI is InChI=1S/C33H46N2O3/c1-4-26(2)22-32(29-8-6-5-7-9-29)16-18-33(19-17-32)25-34(23-27-10-12-30(37-3)13-11-27)31(36)35(33)24-28-14-20-38-21-15-28/h5-13,26,28H,4,14-25H2,1-3H3. The molecule has 206 valence electrons. The lowest BCUT2D eigenvalue weighted by atomic mass is 9.60. The SMILES string of the molecule is CCC(C)CC1(c2ccccc2)CCC2(CC1)CN(Cc1ccc(OC)cc1)C(=O)N2CC1CCOCC1. The van der Waals surface area contributed by atoms with Crippen molar-refractivity contribution in [1.29, 1.82) is 0 Å². The van der Waals surface area contributed by atoms with Gasteiger partial charge in [-0.15, -0.1) is 0 Å². The van der Waals surface area contributed by atoms with Gasteiger partial charge in [0.25, 0.3) is 0 Å². The minimum absolute atomic E-state index is 0.0738. The van der Waals surface area contributed by atoms with Gasteiger partial charge in [0.2, 0.25) is 0 Å². The van der Waals surface area contributed by atoms with Crippen LogP contribution in [0.4, 0.5) is 4.79 Å². The molecule has 3 aliphatic rings. The number of rotatable bonds is 9. The van der Waals surface area contributed by atoms with Gasteiger partial charge in [0.1, 0.15) is 5.75 Å². The number of hydrogen-bond acceptors (Lipinski definition) is 3. The van der Waals surface area contributed by atoms with Crippen molar-refractivity contribution < 1.29 is 14.3 Å². The number of urea groups is 1. The Kier molecular flexibility index (Phi) is 8.32. The molecule has 1 saturated carbocycles. The minimum Gasteiger partial charge on any atom is -0.497 e. The van der Waals surface area contributed by atoms with Gasteiger partial charge in [-0.1, -0.05) is 62.7 Å². The molecular weight excluding hydrogens is 472 g/mol. The van der Waals surface area contributed by atoms with E-state index in [9.17, 15) is 4.79 Å². The average Bonchev–Trinajstić information content (AvgIpc) is 3.21. The molecule has 1 spiro atoms. The molecular formula is C33H46N2O3. The van der Waals surface area contributed by atoms with E-state index in [0.29, 0.717) is 18.4 Å². The number of amides is 2. The van der Waals surface area contributed by atoms with E-state index in [1.54, 1.807) is 7.11 Å². The number of carbonyl (C=O) groups is 1. The van der Waals surface area contributed by atoms with Gasteiger partial charge in [-0.25, -0.2) is 4.79 Å². The molecule has 1 unspecified atom stereocenters. The van der Waals surface area contributed by atoms with Crippen LogP contribution in [0.1, 0.15) is 76.3 Å². The predicted molar refractivity (Wildman–Crippen MR) is 152 cm³/mol. The first-order valence-electron chi connectivity index (χ1n) is 14.8. The van der Waals surface area contributed by atoms with E-state index in [4.69, 9.17) is 9.47 Å². The Labute approximate surface area is 229 Å². The third-order valence-electron chi connectivity index (χ3n) is 9.83. The Balaban J connectivity index is 1.39. The second-order valence-corrected chi connectivity index (χ2v) is 12.2. The fraction of sp³-hybridized carbons (Fsp3) is 0.606. The van der Waals surface area contributed by atoms with Crippen molar-refractivity contribution in [2.24, 2.45) is 11.8 Å². The minimum atomic E-state index is -0.0738. The number of benzene rings is 2. The first-order valence-corrected chi connectivity index (χ1v) is 14.8. The van der Waals surface area contributed by atoms with Crippen LogP contribution in [0.25, 0.3) is 0 Å². The zero-order chi connectivity index (χ0) is 26.6. The van der Waals surface area contributed by atoms with Crippen molar-refractivity contribution >= 4 is 6.03 Å². The molecule has 5 heteroatoms. The third kappa shape index (κ3) is 5.59. The Hall–Kier alpha value is -2.53. The molecule has 2 aromatic carbocycles. The van der Waals surface area contributed by atoms with Gasteiger partial charge in [0, 0.05) is 32.8 Å². The summed E-state index contributed by atoms with van der Waals surface area (Å²) in [5.41, 5.74) is 2.79. The van der Waals surface area contributed by atoms with E-state index in [2.05, 4.69) is 66.1 Å². The van der Waals surface area contributed by atoms with E-state index in [1.165, 1.54) is 18.4 Å². The van der Waals surface area contributed by atoms with Gasteiger partial charge >= 0.3 is 6.03 Å². The highest BCUT2D eigenvalue weighted by Crippen LogP contribution is 2.51. The zero-order valence-corrected chi connectivity index (χ0v) is 23.7. The lowest BCUT2D eigenvalue weighted by Gasteiger charge is -2.49. The first kappa shape index (κ1) is 27.1. The number of methoxy groups -OCH3 is 1.